The molecule has 1 aliphatic carbocycles. The van der Waals surface area contributed by atoms with Crippen LogP contribution in [0.1, 0.15) is 31.4 Å². The number of nitrogens with two attached hydrogens (primary N) is 2. The van der Waals surface area contributed by atoms with Gasteiger partial charge in [0.2, 0.25) is 0 Å². The number of halogens is 1. The smallest absolute Gasteiger partial charge is 0.142 e. The molecule has 3 heterocycles. The Kier molecular flexibility index (Phi) is 5.00. The van der Waals surface area contributed by atoms with Gasteiger partial charge >= 0.3 is 0 Å². The molecular formula is C24H26ClN5O2. The Morgan fingerprint density at radius 2 is 2.00 bits per heavy atom. The Morgan fingerprint density at radius 3 is 2.81 bits per heavy atom. The number of benzene rings is 1. The minimum absolute atomic E-state index is 0.276. The predicted octanol–water partition coefficient (Wildman–Crippen LogP) is 3.71. The lowest BCUT2D eigenvalue weighted by Crippen LogP contribution is -2.35. The lowest BCUT2D eigenvalue weighted by Gasteiger charge is -2.28. The van der Waals surface area contributed by atoms with E-state index in [1.54, 1.807) is 12.3 Å². The van der Waals surface area contributed by atoms with Gasteiger partial charge in [0, 0.05) is 28.9 Å². The zero-order valence-corrected chi connectivity index (χ0v) is 18.5. The quantitative estimate of drug-likeness (QED) is 0.375. The van der Waals surface area contributed by atoms with E-state index in [1.807, 2.05) is 48.0 Å². The zero-order chi connectivity index (χ0) is 22.6. The first-order chi connectivity index (χ1) is 15.3. The van der Waals surface area contributed by atoms with Crippen molar-refractivity contribution in [2.75, 3.05) is 11.5 Å². The van der Waals surface area contributed by atoms with Crippen LogP contribution in [0.15, 0.2) is 48.8 Å². The lowest BCUT2D eigenvalue weighted by atomic mass is 9.80. The third kappa shape index (κ3) is 3.37. The molecule has 5 rings (SSSR count). The molecule has 8 heteroatoms. The Balaban J connectivity index is 1.38. The first kappa shape index (κ1) is 21.0. The number of hydrogen-bond acceptors (Lipinski definition) is 6. The molecule has 166 valence electrons. The van der Waals surface area contributed by atoms with Crippen LogP contribution in [-0.2, 0) is 6.42 Å². The number of hydrogen-bond donors (Lipinski definition) is 4. The van der Waals surface area contributed by atoms with Crippen LogP contribution in [0.2, 0.25) is 5.02 Å². The summed E-state index contributed by atoms with van der Waals surface area (Å²) in [4.78, 5) is 8.83. The van der Waals surface area contributed by atoms with Crippen molar-refractivity contribution in [2.24, 2.45) is 5.41 Å². The van der Waals surface area contributed by atoms with Crippen molar-refractivity contribution in [2.45, 2.75) is 44.4 Å². The Labute approximate surface area is 190 Å². The second-order valence-electron chi connectivity index (χ2n) is 9.10. The van der Waals surface area contributed by atoms with Gasteiger partial charge in [-0.25, -0.2) is 9.97 Å². The summed E-state index contributed by atoms with van der Waals surface area (Å²) in [5.74, 6) is 0.314. The lowest BCUT2D eigenvalue weighted by molar-refractivity contribution is -0.0241. The average molecular weight is 452 g/mol. The van der Waals surface area contributed by atoms with E-state index in [0.29, 0.717) is 29.4 Å². The predicted molar refractivity (Wildman–Crippen MR) is 127 cm³/mol. The van der Waals surface area contributed by atoms with Crippen LogP contribution < -0.4 is 11.5 Å². The van der Waals surface area contributed by atoms with E-state index in [0.717, 1.165) is 33.9 Å². The fourth-order valence-corrected chi connectivity index (χ4v) is 5.15. The first-order valence-electron chi connectivity index (χ1n) is 10.7. The van der Waals surface area contributed by atoms with Crippen LogP contribution in [0, 0.1) is 5.41 Å². The summed E-state index contributed by atoms with van der Waals surface area (Å²) in [5.41, 5.74) is 14.7. The van der Waals surface area contributed by atoms with E-state index in [1.165, 1.54) is 0 Å². The molecule has 3 aromatic heterocycles. The summed E-state index contributed by atoms with van der Waals surface area (Å²) < 4.78 is 1.94. The molecule has 0 amide bonds. The molecule has 1 aromatic carbocycles. The highest BCUT2D eigenvalue weighted by Crippen LogP contribution is 2.48. The molecule has 7 nitrogen and oxygen atoms in total. The number of nitrogens with zero attached hydrogens (tertiary/aromatic N) is 3. The minimum Gasteiger partial charge on any atom is -0.398 e. The monoisotopic (exact) mass is 451 g/mol. The molecule has 1 saturated carbocycles. The van der Waals surface area contributed by atoms with E-state index in [-0.39, 0.29) is 6.04 Å². The highest BCUT2D eigenvalue weighted by Gasteiger charge is 2.50. The third-order valence-corrected chi connectivity index (χ3v) is 7.26. The maximum absolute atomic E-state index is 11.0. The van der Waals surface area contributed by atoms with Crippen molar-refractivity contribution in [1.82, 2.24) is 14.5 Å². The van der Waals surface area contributed by atoms with Crippen molar-refractivity contribution in [1.29, 1.82) is 0 Å². The number of aliphatic hydroxyl groups excluding tert-OH is 2. The van der Waals surface area contributed by atoms with Gasteiger partial charge in [-0.3, -0.25) is 0 Å². The number of aryl methyl sites for hydroxylation is 1. The minimum atomic E-state index is -0.890. The summed E-state index contributed by atoms with van der Waals surface area (Å²) >= 11 is 6.07. The van der Waals surface area contributed by atoms with Crippen LogP contribution in [0.3, 0.4) is 0 Å². The molecular weight excluding hydrogens is 426 g/mol. The summed E-state index contributed by atoms with van der Waals surface area (Å²) in [6, 6.07) is 11.2. The number of pyridine rings is 2. The van der Waals surface area contributed by atoms with Gasteiger partial charge < -0.3 is 26.2 Å². The van der Waals surface area contributed by atoms with Crippen LogP contribution in [0.25, 0.3) is 21.9 Å². The SMILES string of the molecule is C[C@]1(CCc2ccc3cc(Cl)c(N)nc3c2)C[C@@H](n2ccc3c(N)ccnc32)[C@H](O)[C@@H]1O. The molecule has 0 saturated heterocycles. The topological polar surface area (TPSA) is 123 Å². The molecule has 0 radical (unpaired) electrons. The number of anilines is 2. The molecule has 0 spiro atoms. The van der Waals surface area contributed by atoms with Gasteiger partial charge in [-0.15, -0.1) is 0 Å². The molecule has 1 aliphatic rings. The summed E-state index contributed by atoms with van der Waals surface area (Å²) in [7, 11) is 0. The summed E-state index contributed by atoms with van der Waals surface area (Å²) in [5, 5.41) is 24.1. The summed E-state index contributed by atoms with van der Waals surface area (Å²) in [6.07, 6.45) is 3.90. The summed E-state index contributed by atoms with van der Waals surface area (Å²) in [6.45, 7) is 2.03. The number of nitrogen functional groups attached to an aromatic ring is 2. The molecule has 4 atom stereocenters. The standard InChI is InChI=1S/C24H26ClN5O2/c1-24(7-4-13-2-3-14-11-16(25)22(27)29-18(14)10-13)12-19(20(31)21(24)32)30-9-6-15-17(26)5-8-28-23(15)30/h2-3,5-6,8-11,19-21,31-32H,4,7,12H2,1H3,(H2,26,28)(H2,27,29)/t19-,20+,21+,24+/m1/s1. The fourth-order valence-electron chi connectivity index (χ4n) is 4.99. The van der Waals surface area contributed by atoms with Crippen LogP contribution >= 0.6 is 11.6 Å². The van der Waals surface area contributed by atoms with Crippen LogP contribution in [-0.4, -0.2) is 37.0 Å². The molecule has 6 N–H and O–H groups in total. The maximum Gasteiger partial charge on any atom is 0.142 e. The molecule has 1 fully saturated rings. The second-order valence-corrected chi connectivity index (χ2v) is 9.51. The van der Waals surface area contributed by atoms with Gasteiger partial charge in [-0.2, -0.15) is 0 Å². The average Bonchev–Trinajstić information content (AvgIpc) is 3.29. The normalized spacial score (nSPS) is 25.7. The number of aliphatic hydroxyl groups is 2. The fraction of sp³-hybridized carbons (Fsp3) is 0.333. The molecule has 0 aliphatic heterocycles. The van der Waals surface area contributed by atoms with Crippen LogP contribution in [0.4, 0.5) is 11.5 Å². The molecule has 0 bridgehead atoms. The van der Waals surface area contributed by atoms with Gasteiger partial charge in [-0.05, 0) is 54.5 Å². The van der Waals surface area contributed by atoms with Gasteiger partial charge in [0.15, 0.2) is 0 Å². The van der Waals surface area contributed by atoms with Gasteiger partial charge in [0.05, 0.1) is 22.7 Å². The Hall–Kier alpha value is -2.87. The van der Waals surface area contributed by atoms with Gasteiger partial charge in [-0.1, -0.05) is 30.7 Å². The number of fused-ring (bicyclic) bond motifs is 2. The number of aromatic nitrogens is 3. The maximum atomic E-state index is 11.0. The molecule has 4 aromatic rings. The van der Waals surface area contributed by atoms with E-state index < -0.39 is 17.6 Å². The first-order valence-corrected chi connectivity index (χ1v) is 11.1. The number of rotatable bonds is 4. The molecule has 0 unspecified atom stereocenters. The zero-order valence-electron chi connectivity index (χ0n) is 17.7. The largest absolute Gasteiger partial charge is 0.398 e. The Morgan fingerprint density at radius 1 is 1.19 bits per heavy atom. The third-order valence-electron chi connectivity index (χ3n) is 6.96. The van der Waals surface area contributed by atoms with Gasteiger partial charge in [0.1, 0.15) is 17.6 Å². The van der Waals surface area contributed by atoms with Gasteiger partial charge in [0.25, 0.3) is 0 Å². The van der Waals surface area contributed by atoms with E-state index in [2.05, 4.69) is 9.97 Å². The van der Waals surface area contributed by atoms with Crippen molar-refractivity contribution in [3.63, 3.8) is 0 Å². The van der Waals surface area contributed by atoms with E-state index in [9.17, 15) is 10.2 Å². The van der Waals surface area contributed by atoms with Crippen LogP contribution in [0.5, 0.6) is 0 Å². The van der Waals surface area contributed by atoms with Crippen molar-refractivity contribution in [3.05, 3.63) is 59.4 Å². The van der Waals surface area contributed by atoms with Crippen molar-refractivity contribution < 1.29 is 10.2 Å². The van der Waals surface area contributed by atoms with E-state index in [4.69, 9.17) is 23.1 Å². The highest BCUT2D eigenvalue weighted by atomic mass is 35.5. The molecule has 32 heavy (non-hydrogen) atoms. The van der Waals surface area contributed by atoms with Crippen molar-refractivity contribution in [3.8, 4) is 0 Å². The van der Waals surface area contributed by atoms with Crippen molar-refractivity contribution >= 4 is 45.0 Å². The Bertz CT molecular complexity index is 1320. The van der Waals surface area contributed by atoms with E-state index >= 15 is 0 Å². The highest BCUT2D eigenvalue weighted by molar-refractivity contribution is 6.33. The second kappa shape index (κ2) is 7.62.